The molecule has 1 unspecified atom stereocenters. The van der Waals surface area contributed by atoms with Gasteiger partial charge in [0.1, 0.15) is 0 Å². The Labute approximate surface area is 133 Å². The van der Waals surface area contributed by atoms with Gasteiger partial charge in [-0.1, -0.05) is 45.7 Å². The molecule has 0 amide bonds. The van der Waals surface area contributed by atoms with E-state index >= 15 is 0 Å². The zero-order valence-electron chi connectivity index (χ0n) is 10.6. The molecule has 2 nitrogen and oxygen atoms in total. The number of halogens is 5. The maximum absolute atomic E-state index is 13.2. The van der Waals surface area contributed by atoms with E-state index < -0.39 is 17.8 Å². The highest BCUT2D eigenvalue weighted by Gasteiger charge is 2.35. The van der Waals surface area contributed by atoms with Crippen LogP contribution in [0.1, 0.15) is 22.7 Å². The van der Waals surface area contributed by atoms with Crippen molar-refractivity contribution in [2.45, 2.75) is 12.2 Å². The van der Waals surface area contributed by atoms with Gasteiger partial charge in [0.05, 0.1) is 11.6 Å². The molecule has 0 saturated carbocycles. The van der Waals surface area contributed by atoms with Crippen molar-refractivity contribution in [2.24, 2.45) is 5.84 Å². The van der Waals surface area contributed by atoms with Crippen LogP contribution in [-0.2, 0) is 6.18 Å². The number of hydrogen-bond acceptors (Lipinski definition) is 2. The maximum Gasteiger partial charge on any atom is 0.416 e. The topological polar surface area (TPSA) is 38.0 Å². The van der Waals surface area contributed by atoms with Crippen molar-refractivity contribution >= 4 is 27.5 Å². The first kappa shape index (κ1) is 16.3. The minimum atomic E-state index is -4.48. The highest BCUT2D eigenvalue weighted by Crippen LogP contribution is 2.38. The van der Waals surface area contributed by atoms with E-state index in [2.05, 4.69) is 21.4 Å². The second kappa shape index (κ2) is 6.36. The minimum Gasteiger partial charge on any atom is -0.271 e. The van der Waals surface area contributed by atoms with Crippen LogP contribution < -0.4 is 11.3 Å². The maximum atomic E-state index is 13.2. The first-order valence-corrected chi connectivity index (χ1v) is 7.08. The van der Waals surface area contributed by atoms with Gasteiger partial charge in [-0.3, -0.25) is 5.84 Å². The predicted molar refractivity (Wildman–Crippen MR) is 79.8 cm³/mol. The van der Waals surface area contributed by atoms with E-state index in [0.717, 1.165) is 6.07 Å². The molecule has 2 aromatic rings. The third-order valence-electron chi connectivity index (χ3n) is 2.98. The molecule has 0 aliphatic rings. The molecule has 0 aliphatic heterocycles. The van der Waals surface area contributed by atoms with Crippen molar-refractivity contribution in [3.63, 3.8) is 0 Å². The largest absolute Gasteiger partial charge is 0.416 e. The number of nitrogens with one attached hydrogen (secondary N) is 1. The van der Waals surface area contributed by atoms with Crippen LogP contribution in [0.3, 0.4) is 0 Å². The van der Waals surface area contributed by atoms with Crippen molar-refractivity contribution in [3.05, 3.63) is 68.7 Å². The lowest BCUT2D eigenvalue weighted by molar-refractivity contribution is -0.138. The molecule has 0 aliphatic carbocycles. The number of nitrogens with two attached hydrogens (primary N) is 1. The Kier molecular flexibility index (Phi) is 4.93. The normalized spacial score (nSPS) is 13.2. The second-order valence-corrected chi connectivity index (χ2v) is 5.74. The summed E-state index contributed by atoms with van der Waals surface area (Å²) in [5.74, 6) is 5.46. The number of hydrogen-bond donors (Lipinski definition) is 2. The minimum absolute atomic E-state index is 0.0375. The van der Waals surface area contributed by atoms with E-state index in [1.54, 1.807) is 30.3 Å². The zero-order chi connectivity index (χ0) is 15.6. The molecule has 0 fully saturated rings. The fourth-order valence-corrected chi connectivity index (χ4v) is 2.64. The molecule has 0 heterocycles. The van der Waals surface area contributed by atoms with Crippen molar-refractivity contribution in [1.29, 1.82) is 0 Å². The lowest BCUT2D eigenvalue weighted by Crippen LogP contribution is -2.30. The third kappa shape index (κ3) is 3.77. The van der Waals surface area contributed by atoms with Gasteiger partial charge in [0.2, 0.25) is 0 Å². The number of benzene rings is 2. The Morgan fingerprint density at radius 1 is 1.14 bits per heavy atom. The summed E-state index contributed by atoms with van der Waals surface area (Å²) in [4.78, 5) is 0. The molecule has 21 heavy (non-hydrogen) atoms. The lowest BCUT2D eigenvalue weighted by atomic mass is 9.94. The molecule has 1 atom stereocenters. The smallest absolute Gasteiger partial charge is 0.271 e. The Balaban J connectivity index is 2.58. The van der Waals surface area contributed by atoms with E-state index in [9.17, 15) is 13.2 Å². The summed E-state index contributed by atoms with van der Waals surface area (Å²) in [7, 11) is 0. The van der Waals surface area contributed by atoms with Crippen LogP contribution in [0.4, 0.5) is 13.2 Å². The van der Waals surface area contributed by atoms with Crippen LogP contribution in [0, 0.1) is 0 Å². The van der Waals surface area contributed by atoms with Gasteiger partial charge >= 0.3 is 6.18 Å². The number of hydrazine groups is 1. The molecule has 7 heteroatoms. The number of alkyl halides is 3. The van der Waals surface area contributed by atoms with E-state index in [4.69, 9.17) is 17.4 Å². The Hall–Kier alpha value is -1.08. The molecular weight excluding hydrogens is 369 g/mol. The van der Waals surface area contributed by atoms with Crippen LogP contribution >= 0.6 is 27.5 Å². The van der Waals surface area contributed by atoms with Crippen LogP contribution in [0.5, 0.6) is 0 Å². The molecular formula is C14H11BrClF3N2. The summed E-state index contributed by atoms with van der Waals surface area (Å²) in [6.07, 6.45) is -4.48. The second-order valence-electron chi connectivity index (χ2n) is 4.38. The standard InChI is InChI=1S/C14H11BrClF3N2/c15-9-4-5-11(12(7-9)14(17,18)19)13(21-20)8-2-1-3-10(16)6-8/h1-7,13,21H,20H2. The van der Waals surface area contributed by atoms with E-state index in [1.807, 2.05) is 0 Å². The van der Waals surface area contributed by atoms with E-state index in [1.165, 1.54) is 6.07 Å². The Morgan fingerprint density at radius 2 is 1.86 bits per heavy atom. The third-order valence-corrected chi connectivity index (χ3v) is 3.71. The summed E-state index contributed by atoms with van der Waals surface area (Å²) in [5, 5.41) is 0.429. The summed E-state index contributed by atoms with van der Waals surface area (Å²) < 4.78 is 40.0. The average Bonchev–Trinajstić information content (AvgIpc) is 2.40. The Bertz CT molecular complexity index is 646. The highest BCUT2D eigenvalue weighted by molar-refractivity contribution is 9.10. The molecule has 2 aromatic carbocycles. The van der Waals surface area contributed by atoms with E-state index in [0.29, 0.717) is 15.1 Å². The quantitative estimate of drug-likeness (QED) is 0.600. The van der Waals surface area contributed by atoms with Gasteiger partial charge in [-0.15, -0.1) is 0 Å². The van der Waals surface area contributed by atoms with Crippen LogP contribution in [0.15, 0.2) is 46.9 Å². The fourth-order valence-electron chi connectivity index (χ4n) is 2.08. The summed E-state index contributed by atoms with van der Waals surface area (Å²) in [5.41, 5.74) is 2.26. The molecule has 0 radical (unpaired) electrons. The highest BCUT2D eigenvalue weighted by atomic mass is 79.9. The van der Waals surface area contributed by atoms with Crippen molar-refractivity contribution in [2.75, 3.05) is 0 Å². The monoisotopic (exact) mass is 378 g/mol. The fraction of sp³-hybridized carbons (Fsp3) is 0.143. The molecule has 112 valence electrons. The molecule has 0 aromatic heterocycles. The number of rotatable bonds is 3. The van der Waals surface area contributed by atoms with Gasteiger partial charge in [0.15, 0.2) is 0 Å². The van der Waals surface area contributed by atoms with Gasteiger partial charge in [-0.05, 0) is 35.4 Å². The van der Waals surface area contributed by atoms with Crippen molar-refractivity contribution in [1.82, 2.24) is 5.43 Å². The van der Waals surface area contributed by atoms with Crippen molar-refractivity contribution in [3.8, 4) is 0 Å². The lowest BCUT2D eigenvalue weighted by Gasteiger charge is -2.22. The van der Waals surface area contributed by atoms with Gasteiger partial charge < -0.3 is 0 Å². The molecule has 0 spiro atoms. The first-order chi connectivity index (χ1) is 9.82. The van der Waals surface area contributed by atoms with Crippen LogP contribution in [-0.4, -0.2) is 0 Å². The first-order valence-electron chi connectivity index (χ1n) is 5.91. The van der Waals surface area contributed by atoms with Gasteiger partial charge in [0, 0.05) is 9.50 Å². The molecule has 3 N–H and O–H groups in total. The molecule has 0 saturated heterocycles. The SMILES string of the molecule is NNC(c1cccc(Cl)c1)c1ccc(Br)cc1C(F)(F)F. The van der Waals surface area contributed by atoms with Gasteiger partial charge in [0.25, 0.3) is 0 Å². The zero-order valence-corrected chi connectivity index (χ0v) is 12.9. The van der Waals surface area contributed by atoms with E-state index in [-0.39, 0.29) is 5.56 Å². The molecule has 2 rings (SSSR count). The van der Waals surface area contributed by atoms with Gasteiger partial charge in [-0.25, -0.2) is 5.43 Å². The molecule has 0 bridgehead atoms. The summed E-state index contributed by atoms with van der Waals surface area (Å²) >= 11 is 8.94. The van der Waals surface area contributed by atoms with Crippen LogP contribution in [0.2, 0.25) is 5.02 Å². The van der Waals surface area contributed by atoms with Crippen LogP contribution in [0.25, 0.3) is 0 Å². The summed E-state index contributed by atoms with van der Waals surface area (Å²) in [6, 6.07) is 9.70. The average molecular weight is 380 g/mol. The summed E-state index contributed by atoms with van der Waals surface area (Å²) in [6.45, 7) is 0. The van der Waals surface area contributed by atoms with Gasteiger partial charge in [-0.2, -0.15) is 13.2 Å². The predicted octanol–water partition coefficient (Wildman–Crippen LogP) is 4.67. The Morgan fingerprint density at radius 3 is 2.43 bits per heavy atom. The van der Waals surface area contributed by atoms with Crippen molar-refractivity contribution < 1.29 is 13.2 Å².